The summed E-state index contributed by atoms with van der Waals surface area (Å²) in [6, 6.07) is 5.43. The van der Waals surface area contributed by atoms with Crippen LogP contribution in [0.2, 0.25) is 0 Å². The van der Waals surface area contributed by atoms with E-state index in [1.807, 2.05) is 18.2 Å². The minimum absolute atomic E-state index is 0.0506. The standard InChI is InChI=1S/C25H33FN2O2/c1-19-8-4-2-3-5-9-20(16-19)17-24(29)27-23(18-28-14-6-7-15-28)25(30)21-10-12-22(26)13-11-21/h2-4,8,10-13,20,23,25,30H,1,5-7,9,14-18H2,(H,27,29)/b3-2-,8-4-/t20?,23-,25-/m1/s1. The normalized spacial score (nSPS) is 24.3. The Hall–Kier alpha value is -2.24. The Balaban J connectivity index is 1.65. The largest absolute Gasteiger partial charge is 0.386 e. The highest BCUT2D eigenvalue weighted by molar-refractivity contribution is 5.76. The van der Waals surface area contributed by atoms with E-state index in [0.29, 0.717) is 18.5 Å². The van der Waals surface area contributed by atoms with E-state index in [-0.39, 0.29) is 17.6 Å². The highest BCUT2D eigenvalue weighted by Crippen LogP contribution is 2.24. The highest BCUT2D eigenvalue weighted by Gasteiger charge is 2.27. The van der Waals surface area contributed by atoms with Crippen molar-refractivity contribution in [3.8, 4) is 0 Å². The summed E-state index contributed by atoms with van der Waals surface area (Å²) in [6.07, 6.45) is 12.6. The van der Waals surface area contributed by atoms with Gasteiger partial charge in [0.15, 0.2) is 0 Å². The predicted molar refractivity (Wildman–Crippen MR) is 118 cm³/mol. The Morgan fingerprint density at radius 1 is 1.23 bits per heavy atom. The van der Waals surface area contributed by atoms with Gasteiger partial charge in [-0.2, -0.15) is 0 Å². The van der Waals surface area contributed by atoms with Gasteiger partial charge in [-0.25, -0.2) is 4.39 Å². The molecule has 2 N–H and O–H groups in total. The average Bonchev–Trinajstić information content (AvgIpc) is 3.25. The molecule has 3 rings (SSSR count). The third-order valence-corrected chi connectivity index (χ3v) is 5.94. The van der Waals surface area contributed by atoms with Crippen LogP contribution in [-0.4, -0.2) is 41.6 Å². The Bertz CT molecular complexity index is 766. The summed E-state index contributed by atoms with van der Waals surface area (Å²) in [4.78, 5) is 15.2. The molecule has 0 saturated carbocycles. The molecule has 5 heteroatoms. The second-order valence-corrected chi connectivity index (χ2v) is 8.48. The molecular formula is C25H33FN2O2. The second kappa shape index (κ2) is 11.2. The quantitative estimate of drug-likeness (QED) is 0.702. The molecule has 0 radical (unpaired) electrons. The van der Waals surface area contributed by atoms with Crippen LogP contribution in [0.15, 0.2) is 60.7 Å². The van der Waals surface area contributed by atoms with Crippen LogP contribution in [-0.2, 0) is 4.79 Å². The molecule has 1 fully saturated rings. The SMILES string of the molecule is C=C1/C=C\C=C/CCC(CC(=O)N[C@H](CN2CCCC2)[C@H](O)c2ccc(F)cc2)C1. The van der Waals surface area contributed by atoms with Crippen LogP contribution in [0.5, 0.6) is 0 Å². The van der Waals surface area contributed by atoms with Gasteiger partial charge >= 0.3 is 0 Å². The van der Waals surface area contributed by atoms with Crippen molar-refractivity contribution >= 4 is 5.91 Å². The average molecular weight is 413 g/mol. The van der Waals surface area contributed by atoms with Crippen LogP contribution in [0.4, 0.5) is 4.39 Å². The summed E-state index contributed by atoms with van der Waals surface area (Å²) in [5.41, 5.74) is 1.64. The van der Waals surface area contributed by atoms with E-state index in [2.05, 4.69) is 22.9 Å². The summed E-state index contributed by atoms with van der Waals surface area (Å²) in [5.74, 6) is -0.166. The fourth-order valence-electron chi connectivity index (χ4n) is 4.30. The van der Waals surface area contributed by atoms with Crippen molar-refractivity contribution in [1.82, 2.24) is 10.2 Å². The number of aliphatic hydroxyl groups excluding tert-OH is 1. The third-order valence-electron chi connectivity index (χ3n) is 5.94. The van der Waals surface area contributed by atoms with E-state index >= 15 is 0 Å². The number of nitrogens with zero attached hydrogens (tertiary/aromatic N) is 1. The summed E-state index contributed by atoms with van der Waals surface area (Å²) < 4.78 is 13.3. The van der Waals surface area contributed by atoms with Crippen LogP contribution in [0.3, 0.4) is 0 Å². The number of allylic oxidation sites excluding steroid dienone is 5. The molecule has 162 valence electrons. The van der Waals surface area contributed by atoms with Gasteiger partial charge in [0.1, 0.15) is 11.9 Å². The summed E-state index contributed by atoms with van der Waals surface area (Å²) in [7, 11) is 0. The fraction of sp³-hybridized carbons (Fsp3) is 0.480. The monoisotopic (exact) mass is 412 g/mol. The molecule has 1 saturated heterocycles. The molecule has 1 amide bonds. The number of benzene rings is 1. The van der Waals surface area contributed by atoms with E-state index in [1.165, 1.54) is 12.1 Å². The second-order valence-electron chi connectivity index (χ2n) is 8.48. The maximum atomic E-state index is 13.3. The first-order valence-corrected chi connectivity index (χ1v) is 11.0. The van der Waals surface area contributed by atoms with Gasteiger partial charge in [0.25, 0.3) is 0 Å². The fourth-order valence-corrected chi connectivity index (χ4v) is 4.30. The lowest BCUT2D eigenvalue weighted by atomic mass is 9.91. The lowest BCUT2D eigenvalue weighted by Gasteiger charge is -2.29. The molecule has 2 aliphatic rings. The van der Waals surface area contributed by atoms with E-state index in [4.69, 9.17) is 0 Å². The van der Waals surface area contributed by atoms with Gasteiger partial charge in [0.05, 0.1) is 6.04 Å². The van der Waals surface area contributed by atoms with E-state index in [9.17, 15) is 14.3 Å². The van der Waals surface area contributed by atoms with Crippen molar-refractivity contribution in [2.45, 2.75) is 50.7 Å². The Morgan fingerprint density at radius 3 is 2.70 bits per heavy atom. The molecule has 4 nitrogen and oxygen atoms in total. The summed E-state index contributed by atoms with van der Waals surface area (Å²) in [6.45, 7) is 6.63. The van der Waals surface area contributed by atoms with Crippen LogP contribution in [0, 0.1) is 11.7 Å². The number of hydrogen-bond donors (Lipinski definition) is 2. The summed E-state index contributed by atoms with van der Waals surface area (Å²) >= 11 is 0. The molecule has 1 unspecified atom stereocenters. The van der Waals surface area contributed by atoms with Crippen molar-refractivity contribution in [3.05, 3.63) is 72.1 Å². The minimum Gasteiger partial charge on any atom is -0.386 e. The van der Waals surface area contributed by atoms with Crippen molar-refractivity contribution in [3.63, 3.8) is 0 Å². The maximum Gasteiger partial charge on any atom is 0.220 e. The number of halogens is 1. The van der Waals surface area contributed by atoms with Gasteiger partial charge in [-0.05, 0) is 68.8 Å². The molecular weight excluding hydrogens is 379 g/mol. The van der Waals surface area contributed by atoms with Crippen molar-refractivity contribution in [2.75, 3.05) is 19.6 Å². The molecule has 3 atom stereocenters. The van der Waals surface area contributed by atoms with Gasteiger partial charge in [0.2, 0.25) is 5.91 Å². The van der Waals surface area contributed by atoms with Gasteiger partial charge in [-0.3, -0.25) is 4.79 Å². The van der Waals surface area contributed by atoms with Gasteiger partial charge in [-0.15, -0.1) is 0 Å². The lowest BCUT2D eigenvalue weighted by molar-refractivity contribution is -0.123. The zero-order valence-electron chi connectivity index (χ0n) is 17.6. The van der Waals surface area contributed by atoms with E-state index in [1.54, 1.807) is 12.1 Å². The number of hydrogen-bond acceptors (Lipinski definition) is 3. The van der Waals surface area contributed by atoms with Gasteiger partial charge in [-0.1, -0.05) is 48.6 Å². The Kier molecular flexibility index (Phi) is 8.40. The molecule has 0 spiro atoms. The zero-order valence-corrected chi connectivity index (χ0v) is 17.6. The maximum absolute atomic E-state index is 13.3. The van der Waals surface area contributed by atoms with Crippen molar-refractivity contribution in [1.29, 1.82) is 0 Å². The molecule has 1 heterocycles. The first kappa shape index (κ1) is 22.4. The third kappa shape index (κ3) is 6.92. The summed E-state index contributed by atoms with van der Waals surface area (Å²) in [5, 5.41) is 14.0. The number of amides is 1. The lowest BCUT2D eigenvalue weighted by Crippen LogP contribution is -2.47. The molecule has 30 heavy (non-hydrogen) atoms. The van der Waals surface area contributed by atoms with Gasteiger partial charge < -0.3 is 15.3 Å². The zero-order chi connectivity index (χ0) is 21.3. The smallest absolute Gasteiger partial charge is 0.220 e. The Morgan fingerprint density at radius 2 is 1.97 bits per heavy atom. The Labute approximate surface area is 179 Å². The number of carbonyl (C=O) groups excluding carboxylic acids is 1. The van der Waals surface area contributed by atoms with Crippen LogP contribution < -0.4 is 5.32 Å². The van der Waals surface area contributed by atoms with Crippen molar-refractivity contribution in [2.24, 2.45) is 5.92 Å². The van der Waals surface area contributed by atoms with Crippen LogP contribution >= 0.6 is 0 Å². The van der Waals surface area contributed by atoms with Crippen molar-refractivity contribution < 1.29 is 14.3 Å². The van der Waals surface area contributed by atoms with Crippen LogP contribution in [0.25, 0.3) is 0 Å². The highest BCUT2D eigenvalue weighted by atomic mass is 19.1. The minimum atomic E-state index is -0.878. The topological polar surface area (TPSA) is 52.6 Å². The first-order chi connectivity index (χ1) is 14.5. The number of nitrogens with one attached hydrogen (secondary N) is 1. The molecule has 0 bridgehead atoms. The van der Waals surface area contributed by atoms with Crippen LogP contribution in [0.1, 0.15) is 50.2 Å². The molecule has 1 aliphatic carbocycles. The molecule has 1 aromatic carbocycles. The van der Waals surface area contributed by atoms with Gasteiger partial charge in [0, 0.05) is 13.0 Å². The molecule has 1 aromatic rings. The molecule has 1 aliphatic heterocycles. The number of rotatable bonds is 7. The van der Waals surface area contributed by atoms with E-state index in [0.717, 1.165) is 50.8 Å². The first-order valence-electron chi connectivity index (χ1n) is 11.0. The predicted octanol–water partition coefficient (Wildman–Crippen LogP) is 4.30. The number of aliphatic hydroxyl groups is 1. The van der Waals surface area contributed by atoms with E-state index < -0.39 is 12.1 Å². The molecule has 0 aromatic heterocycles. The number of likely N-dealkylation sites (tertiary alicyclic amines) is 1. The number of carbonyl (C=O) groups is 1.